The highest BCUT2D eigenvalue weighted by atomic mass is 32.1. The number of hydrogen-bond donors (Lipinski definition) is 0. The fourth-order valence-electron chi connectivity index (χ4n) is 1.66. The van der Waals surface area contributed by atoms with Gasteiger partial charge in [-0.1, -0.05) is 12.1 Å². The summed E-state index contributed by atoms with van der Waals surface area (Å²) < 4.78 is 15.9. The van der Waals surface area contributed by atoms with Gasteiger partial charge in [0.1, 0.15) is 22.6 Å². The van der Waals surface area contributed by atoms with Crippen molar-refractivity contribution in [1.82, 2.24) is 4.98 Å². The molecule has 6 heteroatoms. The van der Waals surface area contributed by atoms with Gasteiger partial charge >= 0.3 is 0 Å². The minimum absolute atomic E-state index is 0.295. The number of nitrogens with zero attached hydrogens (tertiary/aromatic N) is 2. The summed E-state index contributed by atoms with van der Waals surface area (Å²) in [6, 6.07) is 9.52. The minimum Gasteiger partial charge on any atom is -0.493 e. The Morgan fingerprint density at radius 1 is 1.20 bits per heavy atom. The average Bonchev–Trinajstić information content (AvgIpc) is 2.88. The molecule has 20 heavy (non-hydrogen) atoms. The van der Waals surface area contributed by atoms with Crippen LogP contribution in [0.2, 0.25) is 0 Å². The van der Waals surface area contributed by atoms with Gasteiger partial charge in [-0.2, -0.15) is 5.26 Å². The monoisotopic (exact) mass is 290 g/mol. The van der Waals surface area contributed by atoms with Crippen LogP contribution in [-0.4, -0.2) is 19.2 Å². The van der Waals surface area contributed by atoms with Crippen LogP contribution in [0.4, 0.5) is 0 Å². The van der Waals surface area contributed by atoms with Crippen molar-refractivity contribution >= 4 is 11.3 Å². The normalized spacial score (nSPS) is 10.1. The van der Waals surface area contributed by atoms with Gasteiger partial charge in [0.05, 0.1) is 19.4 Å². The molecule has 1 aromatic heterocycles. The fourth-order valence-corrected chi connectivity index (χ4v) is 2.44. The van der Waals surface area contributed by atoms with E-state index in [2.05, 4.69) is 11.1 Å². The van der Waals surface area contributed by atoms with Crippen LogP contribution in [0, 0.1) is 11.3 Å². The van der Waals surface area contributed by atoms with E-state index in [1.54, 1.807) is 14.2 Å². The van der Waals surface area contributed by atoms with Crippen LogP contribution in [0.15, 0.2) is 24.3 Å². The second-order valence-electron chi connectivity index (χ2n) is 3.87. The molecule has 0 fully saturated rings. The summed E-state index contributed by atoms with van der Waals surface area (Å²) in [5.41, 5.74) is 0.652. The van der Waals surface area contributed by atoms with Crippen LogP contribution in [-0.2, 0) is 18.0 Å². The van der Waals surface area contributed by atoms with Crippen LogP contribution in [0.5, 0.6) is 11.5 Å². The van der Waals surface area contributed by atoms with Crippen molar-refractivity contribution in [3.63, 3.8) is 0 Å². The maximum atomic E-state index is 9.03. The van der Waals surface area contributed by atoms with Crippen LogP contribution < -0.4 is 9.47 Å². The molecule has 1 aromatic carbocycles. The van der Waals surface area contributed by atoms with Gasteiger partial charge in [0.2, 0.25) is 0 Å². The summed E-state index contributed by atoms with van der Waals surface area (Å²) in [4.78, 5) is 4.91. The molecule has 0 N–H and O–H groups in total. The highest BCUT2D eigenvalue weighted by Crippen LogP contribution is 2.27. The lowest BCUT2D eigenvalue weighted by atomic mass is 10.3. The van der Waals surface area contributed by atoms with E-state index in [1.807, 2.05) is 24.3 Å². The lowest BCUT2D eigenvalue weighted by Gasteiger charge is -2.08. The predicted molar refractivity (Wildman–Crippen MR) is 74.9 cm³/mol. The Morgan fingerprint density at radius 2 is 1.95 bits per heavy atom. The molecule has 0 bridgehead atoms. The summed E-state index contributed by atoms with van der Waals surface area (Å²) in [5, 5.41) is 9.77. The largest absolute Gasteiger partial charge is 0.493 e. The topological polar surface area (TPSA) is 64.4 Å². The number of nitriles is 1. The van der Waals surface area contributed by atoms with Crippen molar-refractivity contribution in [3.8, 4) is 17.6 Å². The van der Waals surface area contributed by atoms with E-state index < -0.39 is 0 Å². The third-order valence-corrected chi connectivity index (χ3v) is 3.52. The Balaban J connectivity index is 2.09. The zero-order valence-corrected chi connectivity index (χ0v) is 12.1. The Labute approximate surface area is 121 Å². The van der Waals surface area contributed by atoms with Crippen LogP contribution in [0.25, 0.3) is 0 Å². The number of rotatable bonds is 6. The van der Waals surface area contributed by atoms with E-state index in [4.69, 9.17) is 19.5 Å². The predicted octanol–water partition coefficient (Wildman–Crippen LogP) is 2.75. The standard InChI is InChI=1S/C14H14N2O3S/c1-17-8-10-13(7-15)20-14(16-10)9-19-12-6-4-3-5-11(12)18-2/h3-6H,8-9H2,1-2H3. The Kier molecular flexibility index (Phi) is 4.93. The quantitative estimate of drug-likeness (QED) is 0.818. The molecule has 0 unspecified atom stereocenters. The van der Waals surface area contributed by atoms with Crippen molar-refractivity contribution in [2.24, 2.45) is 0 Å². The summed E-state index contributed by atoms with van der Waals surface area (Å²) >= 11 is 1.31. The number of thiazole rings is 1. The van der Waals surface area contributed by atoms with Crippen molar-refractivity contribution in [3.05, 3.63) is 39.8 Å². The Bertz CT molecular complexity index is 619. The summed E-state index contributed by atoms with van der Waals surface area (Å²) in [6.07, 6.45) is 0. The third-order valence-electron chi connectivity index (χ3n) is 2.54. The molecule has 0 aliphatic heterocycles. The van der Waals surface area contributed by atoms with E-state index in [0.29, 0.717) is 35.3 Å². The highest BCUT2D eigenvalue weighted by Gasteiger charge is 2.12. The van der Waals surface area contributed by atoms with Gasteiger partial charge in [-0.25, -0.2) is 4.98 Å². The van der Waals surface area contributed by atoms with Gasteiger partial charge in [0, 0.05) is 7.11 Å². The fraction of sp³-hybridized carbons (Fsp3) is 0.286. The van der Waals surface area contributed by atoms with Gasteiger partial charge in [-0.05, 0) is 12.1 Å². The van der Waals surface area contributed by atoms with E-state index in [9.17, 15) is 0 Å². The molecule has 2 rings (SSSR count). The number of para-hydroxylation sites is 2. The Morgan fingerprint density at radius 3 is 2.60 bits per heavy atom. The van der Waals surface area contributed by atoms with E-state index in [-0.39, 0.29) is 0 Å². The molecule has 5 nitrogen and oxygen atoms in total. The number of hydrogen-bond acceptors (Lipinski definition) is 6. The lowest BCUT2D eigenvalue weighted by molar-refractivity contribution is 0.181. The van der Waals surface area contributed by atoms with Crippen LogP contribution in [0.3, 0.4) is 0 Å². The maximum Gasteiger partial charge on any atom is 0.161 e. The maximum absolute atomic E-state index is 9.03. The molecular formula is C14H14N2O3S. The van der Waals surface area contributed by atoms with Crippen molar-refractivity contribution in [2.45, 2.75) is 13.2 Å². The number of methoxy groups -OCH3 is 2. The first-order valence-electron chi connectivity index (χ1n) is 5.92. The minimum atomic E-state index is 0.295. The van der Waals surface area contributed by atoms with Gasteiger partial charge < -0.3 is 14.2 Å². The molecule has 2 aromatic rings. The number of aromatic nitrogens is 1. The van der Waals surface area contributed by atoms with Crippen LogP contribution in [0.1, 0.15) is 15.6 Å². The van der Waals surface area contributed by atoms with Gasteiger partial charge in [0.25, 0.3) is 0 Å². The number of benzene rings is 1. The molecule has 0 radical (unpaired) electrons. The van der Waals surface area contributed by atoms with E-state index in [0.717, 1.165) is 5.01 Å². The van der Waals surface area contributed by atoms with E-state index in [1.165, 1.54) is 11.3 Å². The van der Waals surface area contributed by atoms with E-state index >= 15 is 0 Å². The first-order chi connectivity index (χ1) is 9.78. The summed E-state index contributed by atoms with van der Waals surface area (Å²) in [6.45, 7) is 0.623. The zero-order chi connectivity index (χ0) is 14.4. The molecule has 0 aliphatic carbocycles. The summed E-state index contributed by atoms with van der Waals surface area (Å²) in [5.74, 6) is 1.32. The second-order valence-corrected chi connectivity index (χ2v) is 4.95. The summed E-state index contributed by atoms with van der Waals surface area (Å²) in [7, 11) is 3.17. The van der Waals surface area contributed by atoms with Crippen molar-refractivity contribution in [1.29, 1.82) is 5.26 Å². The zero-order valence-electron chi connectivity index (χ0n) is 11.3. The molecule has 0 spiro atoms. The number of ether oxygens (including phenoxy) is 3. The highest BCUT2D eigenvalue weighted by molar-refractivity contribution is 7.12. The Hall–Kier alpha value is -2.10. The first-order valence-corrected chi connectivity index (χ1v) is 6.73. The molecule has 0 amide bonds. The lowest BCUT2D eigenvalue weighted by Crippen LogP contribution is -1.98. The van der Waals surface area contributed by atoms with Crippen LogP contribution >= 0.6 is 11.3 Å². The first kappa shape index (κ1) is 14.3. The average molecular weight is 290 g/mol. The third kappa shape index (κ3) is 3.26. The smallest absolute Gasteiger partial charge is 0.161 e. The SMILES string of the molecule is COCc1nc(COc2ccccc2OC)sc1C#N. The molecule has 0 atom stereocenters. The van der Waals surface area contributed by atoms with Gasteiger partial charge in [-0.3, -0.25) is 0 Å². The molecule has 1 heterocycles. The van der Waals surface area contributed by atoms with Crippen molar-refractivity contribution in [2.75, 3.05) is 14.2 Å². The molecular weight excluding hydrogens is 276 g/mol. The van der Waals surface area contributed by atoms with Gasteiger partial charge in [0.15, 0.2) is 11.5 Å². The molecule has 0 saturated heterocycles. The molecule has 0 aliphatic rings. The second kappa shape index (κ2) is 6.89. The van der Waals surface area contributed by atoms with Crippen molar-refractivity contribution < 1.29 is 14.2 Å². The van der Waals surface area contributed by atoms with Gasteiger partial charge in [-0.15, -0.1) is 11.3 Å². The molecule has 104 valence electrons. The molecule has 0 saturated carbocycles.